The summed E-state index contributed by atoms with van der Waals surface area (Å²) < 4.78 is 44.8. The topological polar surface area (TPSA) is 122 Å². The largest absolute Gasteiger partial charge is 0.455 e. The number of ether oxygens (including phenoxy) is 1. The van der Waals surface area contributed by atoms with E-state index in [2.05, 4.69) is 10.6 Å². The highest BCUT2D eigenvalue weighted by atomic mass is 32.2. The molecule has 1 aromatic carbocycles. The Morgan fingerprint density at radius 2 is 1.94 bits per heavy atom. The molecular formula is C21H24FN3O6S2. The van der Waals surface area contributed by atoms with Gasteiger partial charge >= 0.3 is 12.0 Å². The van der Waals surface area contributed by atoms with Crippen LogP contribution in [0.4, 0.5) is 9.18 Å². The zero-order chi connectivity index (χ0) is 23.8. The van der Waals surface area contributed by atoms with Gasteiger partial charge < -0.3 is 10.1 Å². The number of hydrogen-bond donors (Lipinski definition) is 2. The standard InChI is InChI=1S/C21H24FN3O6S2/c22-16-5-7-18(8-6-16)33(29,30)25-11-1-3-15(13-25)20(27)31-14-19(26)24-21(28)23-10-9-17-4-2-12-32-17/h2,4-8,12,15H,1,3,9-11,13-14H2,(H2,23,24,26,28). The minimum atomic E-state index is -3.89. The highest BCUT2D eigenvalue weighted by Gasteiger charge is 2.34. The van der Waals surface area contributed by atoms with Gasteiger partial charge in [0.05, 0.1) is 10.8 Å². The maximum absolute atomic E-state index is 13.1. The van der Waals surface area contributed by atoms with Gasteiger partial charge in [-0.25, -0.2) is 17.6 Å². The van der Waals surface area contributed by atoms with E-state index in [1.165, 1.54) is 12.1 Å². The molecule has 1 aliphatic rings. The summed E-state index contributed by atoms with van der Waals surface area (Å²) in [4.78, 5) is 37.0. The van der Waals surface area contributed by atoms with Crippen molar-refractivity contribution in [2.24, 2.45) is 5.92 Å². The van der Waals surface area contributed by atoms with Gasteiger partial charge in [-0.1, -0.05) is 6.07 Å². The lowest BCUT2D eigenvalue weighted by Gasteiger charge is -2.30. The van der Waals surface area contributed by atoms with Gasteiger partial charge in [0.2, 0.25) is 10.0 Å². The van der Waals surface area contributed by atoms with Crippen LogP contribution < -0.4 is 10.6 Å². The molecule has 3 amide bonds. The molecule has 33 heavy (non-hydrogen) atoms. The van der Waals surface area contributed by atoms with Crippen molar-refractivity contribution in [2.45, 2.75) is 24.2 Å². The first-order valence-corrected chi connectivity index (χ1v) is 12.6. The van der Waals surface area contributed by atoms with E-state index in [9.17, 15) is 27.2 Å². The second kappa shape index (κ2) is 11.3. The van der Waals surface area contributed by atoms with Crippen LogP contribution in [-0.4, -0.2) is 56.9 Å². The SMILES string of the molecule is O=C(COC(=O)C1CCCN(S(=O)(=O)c2ccc(F)cc2)C1)NC(=O)NCCc1cccs1. The van der Waals surface area contributed by atoms with Gasteiger partial charge in [0, 0.05) is 24.5 Å². The fourth-order valence-corrected chi connectivity index (χ4v) is 5.56. The van der Waals surface area contributed by atoms with Crippen molar-refractivity contribution in [1.29, 1.82) is 0 Å². The van der Waals surface area contributed by atoms with Crippen LogP contribution in [0.1, 0.15) is 17.7 Å². The number of amides is 3. The maximum atomic E-state index is 13.1. The predicted molar refractivity (Wildman–Crippen MR) is 118 cm³/mol. The number of benzene rings is 1. The highest BCUT2D eigenvalue weighted by Crippen LogP contribution is 2.24. The maximum Gasteiger partial charge on any atom is 0.321 e. The summed E-state index contributed by atoms with van der Waals surface area (Å²) in [5.74, 6) is -2.81. The van der Waals surface area contributed by atoms with E-state index in [4.69, 9.17) is 4.74 Å². The van der Waals surface area contributed by atoms with Gasteiger partial charge in [0.15, 0.2) is 6.61 Å². The number of thiophene rings is 1. The zero-order valence-corrected chi connectivity index (χ0v) is 19.3. The van der Waals surface area contributed by atoms with Crippen LogP contribution >= 0.6 is 11.3 Å². The number of imide groups is 1. The first-order valence-electron chi connectivity index (χ1n) is 10.3. The van der Waals surface area contributed by atoms with E-state index in [0.717, 1.165) is 21.3 Å². The molecule has 12 heteroatoms. The van der Waals surface area contributed by atoms with E-state index in [1.54, 1.807) is 11.3 Å². The lowest BCUT2D eigenvalue weighted by molar-refractivity contribution is -0.153. The molecule has 1 aliphatic heterocycles. The van der Waals surface area contributed by atoms with Crippen molar-refractivity contribution >= 4 is 39.3 Å². The molecule has 3 rings (SSSR count). The van der Waals surface area contributed by atoms with Crippen LogP contribution in [-0.2, 0) is 30.8 Å². The summed E-state index contributed by atoms with van der Waals surface area (Å²) in [5.41, 5.74) is 0. The molecule has 9 nitrogen and oxygen atoms in total. The lowest BCUT2D eigenvalue weighted by Crippen LogP contribution is -2.44. The molecule has 1 fully saturated rings. The van der Waals surface area contributed by atoms with Gasteiger partial charge in [0.1, 0.15) is 5.82 Å². The number of halogens is 1. The number of piperidine rings is 1. The van der Waals surface area contributed by atoms with Crippen molar-refractivity contribution in [2.75, 3.05) is 26.2 Å². The molecule has 178 valence electrons. The van der Waals surface area contributed by atoms with Crippen molar-refractivity contribution in [3.63, 3.8) is 0 Å². The lowest BCUT2D eigenvalue weighted by atomic mass is 10.00. The third-order valence-corrected chi connectivity index (χ3v) is 7.82. The average molecular weight is 498 g/mol. The molecular weight excluding hydrogens is 473 g/mol. The monoisotopic (exact) mass is 497 g/mol. The third-order valence-electron chi connectivity index (χ3n) is 5.00. The van der Waals surface area contributed by atoms with Crippen molar-refractivity contribution in [3.05, 3.63) is 52.5 Å². The number of nitrogens with one attached hydrogen (secondary N) is 2. The second-order valence-corrected chi connectivity index (χ2v) is 10.4. The van der Waals surface area contributed by atoms with E-state index in [0.29, 0.717) is 25.8 Å². The zero-order valence-electron chi connectivity index (χ0n) is 17.7. The van der Waals surface area contributed by atoms with Gasteiger partial charge in [-0.05, 0) is 55.0 Å². The molecule has 0 saturated carbocycles. The van der Waals surface area contributed by atoms with Crippen LogP contribution in [0.3, 0.4) is 0 Å². The fourth-order valence-electron chi connectivity index (χ4n) is 3.32. The Hall–Kier alpha value is -2.83. The molecule has 0 spiro atoms. The van der Waals surface area contributed by atoms with E-state index in [1.807, 2.05) is 17.5 Å². The minimum Gasteiger partial charge on any atom is -0.455 e. The van der Waals surface area contributed by atoms with Crippen LogP contribution in [0.2, 0.25) is 0 Å². The van der Waals surface area contributed by atoms with Crippen molar-refractivity contribution in [3.8, 4) is 0 Å². The number of carbonyl (C=O) groups excluding carboxylic acids is 3. The van der Waals surface area contributed by atoms with Gasteiger partial charge in [0.25, 0.3) is 5.91 Å². The second-order valence-electron chi connectivity index (χ2n) is 7.40. The number of rotatable bonds is 8. The molecule has 2 heterocycles. The molecule has 0 aliphatic carbocycles. The summed E-state index contributed by atoms with van der Waals surface area (Å²) in [6.45, 7) is -0.197. The molecule has 0 radical (unpaired) electrons. The average Bonchev–Trinajstić information content (AvgIpc) is 3.31. The number of urea groups is 1. The number of sulfonamides is 1. The minimum absolute atomic E-state index is 0.0672. The first-order chi connectivity index (χ1) is 15.8. The fraction of sp³-hybridized carbons (Fsp3) is 0.381. The van der Waals surface area contributed by atoms with Crippen molar-refractivity contribution in [1.82, 2.24) is 14.9 Å². The van der Waals surface area contributed by atoms with E-state index < -0.39 is 46.3 Å². The summed E-state index contributed by atoms with van der Waals surface area (Å²) >= 11 is 1.56. The van der Waals surface area contributed by atoms with Crippen molar-refractivity contribution < 1.29 is 31.9 Å². The summed E-state index contributed by atoms with van der Waals surface area (Å²) in [6, 6.07) is 7.60. The van der Waals surface area contributed by atoms with Gasteiger partial charge in [-0.15, -0.1) is 11.3 Å². The molecule has 2 N–H and O–H groups in total. The van der Waals surface area contributed by atoms with E-state index >= 15 is 0 Å². The summed E-state index contributed by atoms with van der Waals surface area (Å²) in [6.07, 6.45) is 1.46. The Morgan fingerprint density at radius 3 is 2.64 bits per heavy atom. The summed E-state index contributed by atoms with van der Waals surface area (Å²) in [7, 11) is -3.89. The van der Waals surface area contributed by atoms with Gasteiger partial charge in [-0.2, -0.15) is 4.31 Å². The Labute approximate surface area is 195 Å². The summed E-state index contributed by atoms with van der Waals surface area (Å²) in [5, 5.41) is 6.55. The number of hydrogen-bond acceptors (Lipinski definition) is 7. The molecule has 1 saturated heterocycles. The molecule has 1 aromatic heterocycles. The van der Waals surface area contributed by atoms with Crippen LogP contribution in [0.15, 0.2) is 46.7 Å². The Bertz CT molecular complexity index is 1070. The number of esters is 1. The first kappa shape index (κ1) is 24.8. The Kier molecular flexibility index (Phi) is 8.53. The Morgan fingerprint density at radius 1 is 1.18 bits per heavy atom. The molecule has 0 bridgehead atoms. The number of nitrogens with zero attached hydrogens (tertiary/aromatic N) is 1. The smallest absolute Gasteiger partial charge is 0.321 e. The van der Waals surface area contributed by atoms with Crippen LogP contribution in [0.25, 0.3) is 0 Å². The van der Waals surface area contributed by atoms with Crippen LogP contribution in [0.5, 0.6) is 0 Å². The third kappa shape index (κ3) is 7.07. The molecule has 1 atom stereocenters. The predicted octanol–water partition coefficient (Wildman–Crippen LogP) is 1.90. The van der Waals surface area contributed by atoms with Crippen LogP contribution in [0, 0.1) is 11.7 Å². The Balaban J connectivity index is 1.43. The highest BCUT2D eigenvalue weighted by molar-refractivity contribution is 7.89. The van der Waals surface area contributed by atoms with Gasteiger partial charge in [-0.3, -0.25) is 14.9 Å². The molecule has 2 aromatic rings. The molecule has 1 unspecified atom stereocenters. The van der Waals surface area contributed by atoms with E-state index in [-0.39, 0.29) is 18.0 Å². The number of carbonyl (C=O) groups is 3. The quantitative estimate of drug-likeness (QED) is 0.538. The normalized spacial score (nSPS) is 16.7.